The zero-order valence-corrected chi connectivity index (χ0v) is 17.7. The Morgan fingerprint density at radius 2 is 1.77 bits per heavy atom. The van der Waals surface area contributed by atoms with E-state index in [0.29, 0.717) is 18.0 Å². The van der Waals surface area contributed by atoms with E-state index >= 15 is 0 Å². The van der Waals surface area contributed by atoms with Crippen molar-refractivity contribution in [3.8, 4) is 5.75 Å². The SMILES string of the molecule is CCOc1ccc(NS(=O)(=O)c2ccc(C(=O)N3CCC[C@H](C(F)(F)F)C3)cc2)cc1. The van der Waals surface area contributed by atoms with E-state index in [2.05, 4.69) is 4.72 Å². The topological polar surface area (TPSA) is 75.7 Å². The van der Waals surface area contributed by atoms with Crippen LogP contribution in [0.3, 0.4) is 0 Å². The summed E-state index contributed by atoms with van der Waals surface area (Å²) < 4.78 is 71.9. The normalized spacial score (nSPS) is 17.3. The lowest BCUT2D eigenvalue weighted by molar-refractivity contribution is -0.184. The smallest absolute Gasteiger partial charge is 0.393 e. The van der Waals surface area contributed by atoms with Crippen molar-refractivity contribution in [1.29, 1.82) is 0 Å². The summed E-state index contributed by atoms with van der Waals surface area (Å²) in [6.07, 6.45) is -4.07. The summed E-state index contributed by atoms with van der Waals surface area (Å²) in [6.45, 7) is 2.18. The maximum absolute atomic E-state index is 13.0. The maximum Gasteiger partial charge on any atom is 0.393 e. The molecule has 1 saturated heterocycles. The third kappa shape index (κ3) is 5.69. The number of hydrogen-bond donors (Lipinski definition) is 1. The van der Waals surface area contributed by atoms with E-state index in [1.54, 1.807) is 24.3 Å². The second-order valence-electron chi connectivity index (χ2n) is 7.22. The summed E-state index contributed by atoms with van der Waals surface area (Å²) in [7, 11) is -3.90. The van der Waals surface area contributed by atoms with Gasteiger partial charge in [-0.1, -0.05) is 0 Å². The van der Waals surface area contributed by atoms with E-state index in [1.807, 2.05) is 6.92 Å². The number of halogens is 3. The van der Waals surface area contributed by atoms with Crippen LogP contribution in [0.4, 0.5) is 18.9 Å². The summed E-state index contributed by atoms with van der Waals surface area (Å²) in [5.41, 5.74) is 0.484. The van der Waals surface area contributed by atoms with Crippen LogP contribution in [0.1, 0.15) is 30.1 Å². The highest BCUT2D eigenvalue weighted by Gasteiger charge is 2.42. The van der Waals surface area contributed by atoms with Crippen molar-refractivity contribution in [2.75, 3.05) is 24.4 Å². The van der Waals surface area contributed by atoms with Gasteiger partial charge < -0.3 is 9.64 Å². The van der Waals surface area contributed by atoms with Crippen molar-refractivity contribution in [2.45, 2.75) is 30.8 Å². The molecule has 1 amide bonds. The van der Waals surface area contributed by atoms with Crippen molar-refractivity contribution in [3.05, 3.63) is 54.1 Å². The number of alkyl halides is 3. The van der Waals surface area contributed by atoms with Crippen LogP contribution in [0.2, 0.25) is 0 Å². The van der Waals surface area contributed by atoms with Crippen LogP contribution in [0.25, 0.3) is 0 Å². The van der Waals surface area contributed by atoms with E-state index < -0.39 is 28.0 Å². The molecule has 1 atom stereocenters. The molecule has 10 heteroatoms. The lowest BCUT2D eigenvalue weighted by Crippen LogP contribution is -2.44. The number of benzene rings is 2. The van der Waals surface area contributed by atoms with E-state index in [4.69, 9.17) is 4.74 Å². The van der Waals surface area contributed by atoms with E-state index in [9.17, 15) is 26.4 Å². The summed E-state index contributed by atoms with van der Waals surface area (Å²) >= 11 is 0. The lowest BCUT2D eigenvalue weighted by Gasteiger charge is -2.33. The third-order valence-electron chi connectivity index (χ3n) is 5.00. The number of piperidine rings is 1. The van der Waals surface area contributed by atoms with Gasteiger partial charge in [-0.15, -0.1) is 0 Å². The van der Waals surface area contributed by atoms with Crippen LogP contribution < -0.4 is 9.46 Å². The molecule has 168 valence electrons. The van der Waals surface area contributed by atoms with Gasteiger partial charge in [0.25, 0.3) is 15.9 Å². The first-order valence-corrected chi connectivity index (χ1v) is 11.3. The van der Waals surface area contributed by atoms with Crippen LogP contribution in [0.5, 0.6) is 5.75 Å². The number of nitrogens with one attached hydrogen (secondary N) is 1. The largest absolute Gasteiger partial charge is 0.494 e. The molecule has 6 nitrogen and oxygen atoms in total. The fourth-order valence-electron chi connectivity index (χ4n) is 3.39. The fourth-order valence-corrected chi connectivity index (χ4v) is 4.45. The Labute approximate surface area is 179 Å². The standard InChI is InChI=1S/C21H23F3N2O4S/c1-2-30-18-9-7-17(8-10-18)25-31(28,29)19-11-5-15(6-12-19)20(27)26-13-3-4-16(14-26)21(22,23)24/h5-12,16,25H,2-4,13-14H2,1H3/t16-/m0/s1. The Hall–Kier alpha value is -2.75. The number of carbonyl (C=O) groups excluding carboxylic acids is 1. The minimum absolute atomic E-state index is 0.00167. The zero-order valence-electron chi connectivity index (χ0n) is 16.9. The fraction of sp³-hybridized carbons (Fsp3) is 0.381. The summed E-state index contributed by atoms with van der Waals surface area (Å²) in [5, 5.41) is 0. The van der Waals surface area contributed by atoms with Gasteiger partial charge in [0, 0.05) is 24.3 Å². The Balaban J connectivity index is 1.69. The van der Waals surface area contributed by atoms with Crippen LogP contribution in [-0.2, 0) is 10.0 Å². The molecule has 3 rings (SSSR count). The molecule has 2 aromatic carbocycles. The molecule has 2 aromatic rings. The van der Waals surface area contributed by atoms with E-state index in [1.165, 1.54) is 29.2 Å². The monoisotopic (exact) mass is 456 g/mol. The molecule has 0 aromatic heterocycles. The predicted octanol–water partition coefficient (Wildman–Crippen LogP) is 4.30. The molecule has 1 aliphatic rings. The number of anilines is 1. The first kappa shape index (κ1) is 22.9. The number of rotatable bonds is 6. The van der Waals surface area contributed by atoms with Gasteiger partial charge in [0.05, 0.1) is 17.4 Å². The summed E-state index contributed by atoms with van der Waals surface area (Å²) in [5.74, 6) is -1.47. The van der Waals surface area contributed by atoms with Crippen molar-refractivity contribution in [3.63, 3.8) is 0 Å². The van der Waals surface area contributed by atoms with E-state index in [-0.39, 0.29) is 36.4 Å². The Morgan fingerprint density at radius 1 is 1.13 bits per heavy atom. The van der Waals surface area contributed by atoms with Crippen molar-refractivity contribution >= 4 is 21.6 Å². The van der Waals surface area contributed by atoms with Crippen molar-refractivity contribution in [2.24, 2.45) is 5.92 Å². The van der Waals surface area contributed by atoms with Crippen molar-refractivity contribution < 1.29 is 31.1 Å². The molecule has 0 saturated carbocycles. The number of hydrogen-bond acceptors (Lipinski definition) is 4. The molecule has 1 aliphatic heterocycles. The molecule has 0 aliphatic carbocycles. The molecule has 1 fully saturated rings. The van der Waals surface area contributed by atoms with Crippen LogP contribution in [-0.4, -0.2) is 45.1 Å². The minimum Gasteiger partial charge on any atom is -0.494 e. The Kier molecular flexibility index (Phi) is 6.78. The second-order valence-corrected chi connectivity index (χ2v) is 8.90. The molecule has 0 unspecified atom stereocenters. The zero-order chi connectivity index (χ0) is 22.6. The van der Waals surface area contributed by atoms with Crippen LogP contribution in [0.15, 0.2) is 53.4 Å². The average molecular weight is 456 g/mol. The first-order chi connectivity index (χ1) is 14.6. The van der Waals surface area contributed by atoms with Gasteiger partial charge in [0.1, 0.15) is 5.75 Å². The molecular weight excluding hydrogens is 433 g/mol. The number of nitrogens with zero attached hydrogens (tertiary/aromatic N) is 1. The van der Waals surface area contributed by atoms with Crippen LogP contribution in [0, 0.1) is 5.92 Å². The lowest BCUT2D eigenvalue weighted by atomic mass is 9.97. The summed E-state index contributed by atoms with van der Waals surface area (Å²) in [6, 6.07) is 11.5. The van der Waals surface area contributed by atoms with E-state index in [0.717, 1.165) is 0 Å². The number of ether oxygens (including phenoxy) is 1. The molecule has 1 N–H and O–H groups in total. The third-order valence-corrected chi connectivity index (χ3v) is 6.40. The molecule has 0 spiro atoms. The highest BCUT2D eigenvalue weighted by molar-refractivity contribution is 7.92. The second kappa shape index (κ2) is 9.17. The number of carbonyl (C=O) groups is 1. The number of sulfonamides is 1. The molecule has 1 heterocycles. The Morgan fingerprint density at radius 3 is 2.35 bits per heavy atom. The number of amides is 1. The molecule has 0 bridgehead atoms. The van der Waals surface area contributed by atoms with Gasteiger partial charge in [-0.05, 0) is 68.3 Å². The minimum atomic E-state index is -4.34. The Bertz CT molecular complexity index is 1010. The van der Waals surface area contributed by atoms with Crippen LogP contribution >= 0.6 is 0 Å². The highest BCUT2D eigenvalue weighted by atomic mass is 32.2. The number of likely N-dealkylation sites (tertiary alicyclic amines) is 1. The van der Waals surface area contributed by atoms with Gasteiger partial charge in [-0.2, -0.15) is 13.2 Å². The quantitative estimate of drug-likeness (QED) is 0.703. The summed E-state index contributed by atoms with van der Waals surface area (Å²) in [4.78, 5) is 13.7. The van der Waals surface area contributed by atoms with Gasteiger partial charge in [-0.25, -0.2) is 8.42 Å². The van der Waals surface area contributed by atoms with Gasteiger partial charge in [-0.3, -0.25) is 9.52 Å². The van der Waals surface area contributed by atoms with Gasteiger partial charge in [0.15, 0.2) is 0 Å². The average Bonchev–Trinajstić information content (AvgIpc) is 2.74. The first-order valence-electron chi connectivity index (χ1n) is 9.82. The highest BCUT2D eigenvalue weighted by Crippen LogP contribution is 2.33. The van der Waals surface area contributed by atoms with Crippen molar-refractivity contribution in [1.82, 2.24) is 4.90 Å². The molecule has 0 radical (unpaired) electrons. The molecular formula is C21H23F3N2O4S. The maximum atomic E-state index is 13.0. The predicted molar refractivity (Wildman–Crippen MR) is 110 cm³/mol. The van der Waals surface area contributed by atoms with Gasteiger partial charge >= 0.3 is 6.18 Å². The van der Waals surface area contributed by atoms with Gasteiger partial charge in [0.2, 0.25) is 0 Å². The molecule has 31 heavy (non-hydrogen) atoms.